The van der Waals surface area contributed by atoms with Gasteiger partial charge < -0.3 is 14.8 Å². The van der Waals surface area contributed by atoms with E-state index in [1.807, 2.05) is 12.1 Å². The summed E-state index contributed by atoms with van der Waals surface area (Å²) in [7, 11) is 1.69. The van der Waals surface area contributed by atoms with Crippen LogP contribution in [0.25, 0.3) is 0 Å². The average molecular weight is 247 g/mol. The average Bonchev–Trinajstić information content (AvgIpc) is 2.60. The van der Waals surface area contributed by atoms with Crippen molar-refractivity contribution in [1.82, 2.24) is 0 Å². The Hall–Kier alpha value is -1.38. The summed E-state index contributed by atoms with van der Waals surface area (Å²) in [5, 5.41) is 3.56. The third kappa shape index (κ3) is 2.14. The van der Waals surface area contributed by atoms with E-state index < -0.39 is 0 Å². The summed E-state index contributed by atoms with van der Waals surface area (Å²) in [4.78, 5) is 0. The Balaban J connectivity index is 1.81. The molecule has 1 aliphatic carbocycles. The standard InChI is InChI=1S/C15H21NO2/c1-17-12-5-6-13-14(9-12)18-11-15(10-16-13)7-3-2-4-8-15/h5-6,9,16H,2-4,7-8,10-11H2,1H3. The minimum absolute atomic E-state index is 0.338. The van der Waals surface area contributed by atoms with Gasteiger partial charge in [-0.3, -0.25) is 0 Å². The van der Waals surface area contributed by atoms with Crippen molar-refractivity contribution >= 4 is 5.69 Å². The number of rotatable bonds is 1. The van der Waals surface area contributed by atoms with Crippen molar-refractivity contribution in [2.75, 3.05) is 25.6 Å². The number of methoxy groups -OCH3 is 1. The van der Waals surface area contributed by atoms with Crippen LogP contribution in [0.1, 0.15) is 32.1 Å². The second-order valence-corrected chi connectivity index (χ2v) is 5.56. The summed E-state index contributed by atoms with van der Waals surface area (Å²) in [6.45, 7) is 1.87. The first-order valence-electron chi connectivity index (χ1n) is 6.86. The molecule has 3 rings (SSSR count). The number of hydrogen-bond acceptors (Lipinski definition) is 3. The van der Waals surface area contributed by atoms with Gasteiger partial charge in [0.1, 0.15) is 11.5 Å². The first-order valence-corrected chi connectivity index (χ1v) is 6.86. The Labute approximate surface area is 108 Å². The predicted octanol–water partition coefficient (Wildman–Crippen LogP) is 3.45. The molecule has 2 aliphatic rings. The third-order valence-electron chi connectivity index (χ3n) is 4.29. The molecule has 3 heteroatoms. The Morgan fingerprint density at radius 1 is 1.22 bits per heavy atom. The van der Waals surface area contributed by atoms with Crippen LogP contribution in [0.2, 0.25) is 0 Å². The van der Waals surface area contributed by atoms with Crippen molar-refractivity contribution in [2.45, 2.75) is 32.1 Å². The fourth-order valence-electron chi connectivity index (χ4n) is 3.08. The quantitative estimate of drug-likeness (QED) is 0.824. The second-order valence-electron chi connectivity index (χ2n) is 5.56. The van der Waals surface area contributed by atoms with E-state index in [-0.39, 0.29) is 0 Å². The minimum Gasteiger partial charge on any atom is -0.497 e. The lowest BCUT2D eigenvalue weighted by molar-refractivity contribution is 0.115. The van der Waals surface area contributed by atoms with Gasteiger partial charge in [0.25, 0.3) is 0 Å². The van der Waals surface area contributed by atoms with Crippen molar-refractivity contribution in [1.29, 1.82) is 0 Å². The van der Waals surface area contributed by atoms with Gasteiger partial charge in [-0.1, -0.05) is 19.3 Å². The van der Waals surface area contributed by atoms with E-state index in [2.05, 4.69) is 11.4 Å². The normalized spacial score (nSPS) is 21.4. The zero-order valence-electron chi connectivity index (χ0n) is 11.0. The first kappa shape index (κ1) is 11.7. The number of benzene rings is 1. The highest BCUT2D eigenvalue weighted by atomic mass is 16.5. The first-order chi connectivity index (χ1) is 8.81. The Morgan fingerprint density at radius 3 is 2.83 bits per heavy atom. The lowest BCUT2D eigenvalue weighted by Gasteiger charge is -2.35. The molecule has 0 amide bonds. The summed E-state index contributed by atoms with van der Waals surface area (Å²) in [6.07, 6.45) is 6.62. The highest BCUT2D eigenvalue weighted by Crippen LogP contribution is 2.41. The number of hydrogen-bond donors (Lipinski definition) is 1. The van der Waals surface area contributed by atoms with Gasteiger partial charge in [0.15, 0.2) is 0 Å². The van der Waals surface area contributed by atoms with Crippen LogP contribution in [0.15, 0.2) is 18.2 Å². The largest absolute Gasteiger partial charge is 0.497 e. The molecular weight excluding hydrogens is 226 g/mol. The molecule has 1 aromatic carbocycles. The molecule has 0 atom stereocenters. The topological polar surface area (TPSA) is 30.5 Å². The van der Waals surface area contributed by atoms with Crippen LogP contribution in [0.4, 0.5) is 5.69 Å². The van der Waals surface area contributed by atoms with E-state index in [0.29, 0.717) is 5.41 Å². The maximum atomic E-state index is 6.04. The summed E-state index contributed by atoms with van der Waals surface area (Å²) >= 11 is 0. The van der Waals surface area contributed by atoms with E-state index in [9.17, 15) is 0 Å². The van der Waals surface area contributed by atoms with Crippen molar-refractivity contribution in [3.63, 3.8) is 0 Å². The van der Waals surface area contributed by atoms with Crippen LogP contribution in [0, 0.1) is 5.41 Å². The van der Waals surface area contributed by atoms with Gasteiger partial charge in [0.2, 0.25) is 0 Å². The highest BCUT2D eigenvalue weighted by Gasteiger charge is 2.34. The van der Waals surface area contributed by atoms with Gasteiger partial charge in [0, 0.05) is 18.0 Å². The molecular formula is C15H21NO2. The summed E-state index contributed by atoms with van der Waals surface area (Å²) in [5.74, 6) is 1.78. The predicted molar refractivity (Wildman–Crippen MR) is 72.5 cm³/mol. The molecule has 0 aromatic heterocycles. The van der Waals surface area contributed by atoms with Crippen LogP contribution in [-0.4, -0.2) is 20.3 Å². The monoisotopic (exact) mass is 247 g/mol. The summed E-state index contributed by atoms with van der Waals surface area (Å²) < 4.78 is 11.3. The van der Waals surface area contributed by atoms with Crippen molar-refractivity contribution in [3.05, 3.63) is 18.2 Å². The molecule has 98 valence electrons. The fraction of sp³-hybridized carbons (Fsp3) is 0.600. The fourth-order valence-corrected chi connectivity index (χ4v) is 3.08. The molecule has 0 saturated heterocycles. The SMILES string of the molecule is COc1ccc2c(c1)OCC1(CCCCC1)CN2. The number of fused-ring (bicyclic) bond motifs is 1. The molecule has 1 N–H and O–H groups in total. The molecule has 0 radical (unpaired) electrons. The van der Waals surface area contributed by atoms with E-state index in [1.54, 1.807) is 7.11 Å². The molecule has 18 heavy (non-hydrogen) atoms. The van der Waals surface area contributed by atoms with Crippen LogP contribution in [0.3, 0.4) is 0 Å². The molecule has 0 unspecified atom stereocenters. The highest BCUT2D eigenvalue weighted by molar-refractivity contribution is 5.59. The maximum absolute atomic E-state index is 6.04. The van der Waals surface area contributed by atoms with Crippen LogP contribution in [-0.2, 0) is 0 Å². The number of anilines is 1. The summed E-state index contributed by atoms with van der Waals surface area (Å²) in [5.41, 5.74) is 1.43. The van der Waals surface area contributed by atoms with Crippen LogP contribution < -0.4 is 14.8 Å². The van der Waals surface area contributed by atoms with Crippen molar-refractivity contribution in [2.24, 2.45) is 5.41 Å². The lowest BCUT2D eigenvalue weighted by atomic mass is 9.74. The van der Waals surface area contributed by atoms with Crippen LogP contribution >= 0.6 is 0 Å². The molecule has 3 nitrogen and oxygen atoms in total. The van der Waals surface area contributed by atoms with Gasteiger partial charge in [-0.05, 0) is 25.0 Å². The van der Waals surface area contributed by atoms with Crippen molar-refractivity contribution < 1.29 is 9.47 Å². The minimum atomic E-state index is 0.338. The number of nitrogens with one attached hydrogen (secondary N) is 1. The van der Waals surface area contributed by atoms with E-state index in [0.717, 1.165) is 30.3 Å². The van der Waals surface area contributed by atoms with E-state index in [4.69, 9.17) is 9.47 Å². The Bertz CT molecular complexity index is 425. The molecule has 1 aliphatic heterocycles. The number of ether oxygens (including phenoxy) is 2. The molecule has 1 heterocycles. The third-order valence-corrected chi connectivity index (χ3v) is 4.29. The Kier molecular flexibility index (Phi) is 3.06. The van der Waals surface area contributed by atoms with Crippen molar-refractivity contribution in [3.8, 4) is 11.5 Å². The van der Waals surface area contributed by atoms with Crippen LogP contribution in [0.5, 0.6) is 11.5 Å². The maximum Gasteiger partial charge on any atom is 0.146 e. The molecule has 1 fully saturated rings. The Morgan fingerprint density at radius 2 is 2.06 bits per heavy atom. The summed E-state index contributed by atoms with van der Waals surface area (Å²) in [6, 6.07) is 6.01. The molecule has 1 spiro atoms. The molecule has 1 saturated carbocycles. The van der Waals surface area contributed by atoms with E-state index >= 15 is 0 Å². The smallest absolute Gasteiger partial charge is 0.146 e. The van der Waals surface area contributed by atoms with Gasteiger partial charge in [-0.25, -0.2) is 0 Å². The van der Waals surface area contributed by atoms with Gasteiger partial charge in [-0.15, -0.1) is 0 Å². The van der Waals surface area contributed by atoms with Gasteiger partial charge >= 0.3 is 0 Å². The lowest BCUT2D eigenvalue weighted by Crippen LogP contribution is -2.36. The van der Waals surface area contributed by atoms with Gasteiger partial charge in [-0.2, -0.15) is 0 Å². The second kappa shape index (κ2) is 4.71. The zero-order chi connectivity index (χ0) is 12.4. The molecule has 1 aromatic rings. The van der Waals surface area contributed by atoms with Gasteiger partial charge in [0.05, 0.1) is 19.4 Å². The molecule has 0 bridgehead atoms. The zero-order valence-corrected chi connectivity index (χ0v) is 11.0. The van der Waals surface area contributed by atoms with E-state index in [1.165, 1.54) is 32.1 Å².